The fraction of sp³-hybridized carbons (Fsp3) is 0.667. The van der Waals surface area contributed by atoms with Crippen molar-refractivity contribution in [3.8, 4) is 0 Å². The van der Waals surface area contributed by atoms with E-state index in [9.17, 15) is 0 Å². The molecule has 0 heterocycles. The molecule has 0 aliphatic rings. The Morgan fingerprint density at radius 2 is 2.11 bits per heavy atom. The lowest BCUT2D eigenvalue weighted by molar-refractivity contribution is 0.737. The summed E-state index contributed by atoms with van der Waals surface area (Å²) in [6.45, 7) is 8.21. The minimum absolute atomic E-state index is 0.568. The van der Waals surface area contributed by atoms with Crippen LogP contribution in [0.1, 0.15) is 33.1 Å². The number of hydrogen-bond acceptors (Lipinski definition) is 0. The summed E-state index contributed by atoms with van der Waals surface area (Å²) in [5.41, 5.74) is 0. The van der Waals surface area contributed by atoms with Crippen molar-refractivity contribution in [2.24, 2.45) is 5.92 Å². The molecule has 0 aliphatic carbocycles. The van der Waals surface area contributed by atoms with E-state index in [0.717, 1.165) is 6.42 Å². The third-order valence-corrected chi connectivity index (χ3v) is 1.16. The van der Waals surface area contributed by atoms with Gasteiger partial charge in [0.05, 0.1) is 0 Å². The van der Waals surface area contributed by atoms with E-state index in [2.05, 4.69) is 32.9 Å². The van der Waals surface area contributed by atoms with Crippen molar-refractivity contribution in [2.45, 2.75) is 33.1 Å². The smallest absolute Gasteiger partial charge is 0.0325 e. The maximum Gasteiger partial charge on any atom is -0.0325 e. The molecule has 1 unspecified atom stereocenters. The van der Waals surface area contributed by atoms with Crippen LogP contribution in [0.25, 0.3) is 0 Å². The summed E-state index contributed by atoms with van der Waals surface area (Å²) in [5.74, 6) is 0.568. The van der Waals surface area contributed by atoms with Gasteiger partial charge in [-0.05, 0) is 18.8 Å². The molecular formula is C9H17. The zero-order valence-corrected chi connectivity index (χ0v) is 6.56. The van der Waals surface area contributed by atoms with Crippen LogP contribution >= 0.6 is 0 Å². The average Bonchev–Trinajstić information content (AvgIpc) is 1.80. The number of unbranched alkanes of at least 4 members (excludes halogenated alkanes) is 1. The Balaban J connectivity index is 3.04. The van der Waals surface area contributed by atoms with Crippen molar-refractivity contribution in [3.63, 3.8) is 0 Å². The molecule has 0 saturated heterocycles. The van der Waals surface area contributed by atoms with Gasteiger partial charge in [-0.3, -0.25) is 0 Å². The zero-order valence-electron chi connectivity index (χ0n) is 6.56. The highest BCUT2D eigenvalue weighted by atomic mass is 13.9. The van der Waals surface area contributed by atoms with E-state index in [1.54, 1.807) is 0 Å². The Hall–Kier alpha value is -0.260. The molecule has 0 bridgehead atoms. The molecule has 0 fully saturated rings. The lowest BCUT2D eigenvalue weighted by Gasteiger charge is -1.95. The van der Waals surface area contributed by atoms with Gasteiger partial charge in [0.1, 0.15) is 0 Å². The second-order valence-electron chi connectivity index (χ2n) is 2.60. The first-order valence-corrected chi connectivity index (χ1v) is 3.75. The summed E-state index contributed by atoms with van der Waals surface area (Å²) in [4.78, 5) is 0. The third kappa shape index (κ3) is 7.74. The van der Waals surface area contributed by atoms with Crippen molar-refractivity contribution in [1.82, 2.24) is 0 Å². The lowest BCUT2D eigenvalue weighted by Crippen LogP contribution is -1.81. The van der Waals surface area contributed by atoms with Crippen LogP contribution in [0.4, 0.5) is 0 Å². The highest BCUT2D eigenvalue weighted by Crippen LogP contribution is 2.00. The highest BCUT2D eigenvalue weighted by Gasteiger charge is 1.85. The molecule has 0 aromatic rings. The minimum Gasteiger partial charge on any atom is -0.0885 e. The second kappa shape index (κ2) is 5.87. The first-order valence-electron chi connectivity index (χ1n) is 3.75. The zero-order chi connectivity index (χ0) is 7.11. The van der Waals surface area contributed by atoms with Gasteiger partial charge in [0, 0.05) is 0 Å². The predicted molar refractivity (Wildman–Crippen MR) is 43.2 cm³/mol. The molecule has 0 rings (SSSR count). The number of hydrogen-bond donors (Lipinski definition) is 0. The van der Waals surface area contributed by atoms with E-state index in [4.69, 9.17) is 0 Å². The SMILES string of the molecule is [CH2]C(C)CC=CCCC. The Labute approximate surface area is 59.0 Å². The molecule has 0 spiro atoms. The summed E-state index contributed by atoms with van der Waals surface area (Å²) in [7, 11) is 0. The molecular weight excluding hydrogens is 108 g/mol. The van der Waals surface area contributed by atoms with Gasteiger partial charge >= 0.3 is 0 Å². The summed E-state index contributed by atoms with van der Waals surface area (Å²) >= 11 is 0. The van der Waals surface area contributed by atoms with Crippen LogP contribution in [0.2, 0.25) is 0 Å². The van der Waals surface area contributed by atoms with Gasteiger partial charge < -0.3 is 0 Å². The third-order valence-electron chi connectivity index (χ3n) is 1.16. The molecule has 0 nitrogen and oxygen atoms in total. The standard InChI is InChI=1S/C9H17/c1-4-5-6-7-8-9(2)3/h6-7,9H,2,4-5,8H2,1,3H3. The topological polar surface area (TPSA) is 0 Å². The maximum atomic E-state index is 3.88. The van der Waals surface area contributed by atoms with Crippen LogP contribution in [0, 0.1) is 12.8 Å². The van der Waals surface area contributed by atoms with Crippen molar-refractivity contribution >= 4 is 0 Å². The molecule has 0 saturated carbocycles. The molecule has 1 atom stereocenters. The van der Waals surface area contributed by atoms with Crippen molar-refractivity contribution < 1.29 is 0 Å². The number of rotatable bonds is 4. The van der Waals surface area contributed by atoms with Crippen LogP contribution in [0.15, 0.2) is 12.2 Å². The largest absolute Gasteiger partial charge is 0.0885 e. The fourth-order valence-corrected chi connectivity index (χ4v) is 0.613. The van der Waals surface area contributed by atoms with E-state index >= 15 is 0 Å². The van der Waals surface area contributed by atoms with E-state index in [0.29, 0.717) is 5.92 Å². The van der Waals surface area contributed by atoms with E-state index in [1.807, 2.05) is 0 Å². The van der Waals surface area contributed by atoms with Crippen molar-refractivity contribution in [3.05, 3.63) is 19.1 Å². The van der Waals surface area contributed by atoms with E-state index in [-0.39, 0.29) is 0 Å². The maximum absolute atomic E-state index is 3.88. The first kappa shape index (κ1) is 8.74. The summed E-state index contributed by atoms with van der Waals surface area (Å²) in [5, 5.41) is 0. The van der Waals surface area contributed by atoms with Gasteiger partial charge in [-0.2, -0.15) is 0 Å². The highest BCUT2D eigenvalue weighted by molar-refractivity contribution is 4.82. The van der Waals surface area contributed by atoms with E-state index in [1.165, 1.54) is 12.8 Å². The van der Waals surface area contributed by atoms with Crippen molar-refractivity contribution in [1.29, 1.82) is 0 Å². The summed E-state index contributed by atoms with van der Waals surface area (Å²) in [6, 6.07) is 0. The molecule has 0 aliphatic heterocycles. The first-order chi connectivity index (χ1) is 4.27. The Kier molecular flexibility index (Phi) is 5.70. The Bertz CT molecular complexity index is 70.1. The fourth-order valence-electron chi connectivity index (χ4n) is 0.613. The molecule has 9 heavy (non-hydrogen) atoms. The lowest BCUT2D eigenvalue weighted by atomic mass is 10.1. The van der Waals surface area contributed by atoms with Crippen LogP contribution in [-0.2, 0) is 0 Å². The predicted octanol–water partition coefficient (Wildman–Crippen LogP) is 3.20. The van der Waals surface area contributed by atoms with Crippen LogP contribution < -0.4 is 0 Å². The second-order valence-corrected chi connectivity index (χ2v) is 2.60. The van der Waals surface area contributed by atoms with Gasteiger partial charge in [-0.1, -0.05) is 39.3 Å². The molecule has 0 amide bonds. The molecule has 0 N–H and O–H groups in total. The van der Waals surface area contributed by atoms with Gasteiger partial charge in [0.25, 0.3) is 0 Å². The molecule has 0 heteroatoms. The van der Waals surface area contributed by atoms with Crippen LogP contribution in [0.5, 0.6) is 0 Å². The normalized spacial score (nSPS) is 11.6. The average molecular weight is 125 g/mol. The molecule has 53 valence electrons. The number of allylic oxidation sites excluding steroid dienone is 2. The molecule has 0 aromatic heterocycles. The summed E-state index contributed by atoms with van der Waals surface area (Å²) < 4.78 is 0. The van der Waals surface area contributed by atoms with Crippen molar-refractivity contribution in [2.75, 3.05) is 0 Å². The van der Waals surface area contributed by atoms with Gasteiger partial charge in [-0.15, -0.1) is 0 Å². The summed E-state index contributed by atoms with van der Waals surface area (Å²) in [6.07, 6.45) is 8.05. The Morgan fingerprint density at radius 3 is 2.56 bits per heavy atom. The van der Waals surface area contributed by atoms with Crippen LogP contribution in [0.3, 0.4) is 0 Å². The van der Waals surface area contributed by atoms with Crippen LogP contribution in [-0.4, -0.2) is 0 Å². The van der Waals surface area contributed by atoms with Gasteiger partial charge in [0.2, 0.25) is 0 Å². The monoisotopic (exact) mass is 125 g/mol. The Morgan fingerprint density at radius 1 is 1.44 bits per heavy atom. The quantitative estimate of drug-likeness (QED) is 0.506. The van der Waals surface area contributed by atoms with Gasteiger partial charge in [-0.25, -0.2) is 0 Å². The minimum atomic E-state index is 0.568. The van der Waals surface area contributed by atoms with Gasteiger partial charge in [0.15, 0.2) is 0 Å². The van der Waals surface area contributed by atoms with E-state index < -0.39 is 0 Å². The molecule has 1 radical (unpaired) electrons. The molecule has 0 aromatic carbocycles.